The Labute approximate surface area is 336 Å². The molecule has 0 aliphatic rings. The van der Waals surface area contributed by atoms with Crippen molar-refractivity contribution in [1.29, 1.82) is 0 Å². The van der Waals surface area contributed by atoms with Crippen molar-refractivity contribution in [3.63, 3.8) is 0 Å². The summed E-state index contributed by atoms with van der Waals surface area (Å²) < 4.78 is 16.7. The number of esters is 3. The summed E-state index contributed by atoms with van der Waals surface area (Å²) in [6.45, 7) is 11.3. The van der Waals surface area contributed by atoms with Crippen LogP contribution in [0.25, 0.3) is 0 Å². The van der Waals surface area contributed by atoms with E-state index in [0.717, 1.165) is 69.6 Å². The van der Waals surface area contributed by atoms with Gasteiger partial charge >= 0.3 is 17.9 Å². The van der Waals surface area contributed by atoms with Gasteiger partial charge in [-0.3, -0.25) is 14.4 Å². The summed E-state index contributed by atoms with van der Waals surface area (Å²) in [6.07, 6.45) is 39.5. The number of hydrogen-bond donors (Lipinski definition) is 0. The van der Waals surface area contributed by atoms with Gasteiger partial charge in [0.25, 0.3) is 0 Å². The van der Waals surface area contributed by atoms with Crippen molar-refractivity contribution in [2.24, 2.45) is 11.8 Å². The van der Waals surface area contributed by atoms with Gasteiger partial charge in [0.15, 0.2) is 6.10 Å². The monoisotopic (exact) mass is 765 g/mol. The predicted molar refractivity (Wildman–Crippen MR) is 229 cm³/mol. The van der Waals surface area contributed by atoms with Crippen LogP contribution in [0, 0.1) is 11.8 Å². The number of unbranched alkanes of at least 4 members (excludes halogenated alkanes) is 26. The minimum Gasteiger partial charge on any atom is -0.462 e. The van der Waals surface area contributed by atoms with Crippen LogP contribution in [-0.2, 0) is 28.6 Å². The Morgan fingerprint density at radius 2 is 0.704 bits per heavy atom. The molecule has 0 aliphatic heterocycles. The molecule has 0 aliphatic carbocycles. The summed E-state index contributed by atoms with van der Waals surface area (Å²) in [6, 6.07) is 0. The van der Waals surface area contributed by atoms with Gasteiger partial charge in [0, 0.05) is 19.3 Å². The zero-order valence-corrected chi connectivity index (χ0v) is 36.8. The lowest BCUT2D eigenvalue weighted by atomic mass is 10.00. The second-order valence-corrected chi connectivity index (χ2v) is 17.1. The van der Waals surface area contributed by atoms with Gasteiger partial charge in [-0.25, -0.2) is 0 Å². The van der Waals surface area contributed by atoms with E-state index in [0.29, 0.717) is 19.3 Å². The minimum absolute atomic E-state index is 0.0652. The Kier molecular flexibility index (Phi) is 39.8. The van der Waals surface area contributed by atoms with Crippen LogP contribution >= 0.6 is 0 Å². The highest BCUT2D eigenvalue weighted by molar-refractivity contribution is 5.71. The third kappa shape index (κ3) is 40.1. The van der Waals surface area contributed by atoms with Crippen molar-refractivity contribution >= 4 is 17.9 Å². The number of rotatable bonds is 42. The van der Waals surface area contributed by atoms with E-state index in [4.69, 9.17) is 14.2 Å². The first-order chi connectivity index (χ1) is 26.3. The normalized spacial score (nSPS) is 12.6. The van der Waals surface area contributed by atoms with E-state index in [1.165, 1.54) is 148 Å². The highest BCUT2D eigenvalue weighted by Crippen LogP contribution is 2.17. The van der Waals surface area contributed by atoms with Gasteiger partial charge in [-0.05, 0) is 31.1 Å². The predicted octanol–water partition coefficient (Wildman–Crippen LogP) is 15.0. The molecule has 0 aromatic heterocycles. The van der Waals surface area contributed by atoms with Crippen molar-refractivity contribution in [2.75, 3.05) is 13.2 Å². The van der Waals surface area contributed by atoms with Gasteiger partial charge < -0.3 is 14.2 Å². The number of carbonyl (C=O) groups excluding carboxylic acids is 3. The SMILES string of the molecule is CCCCCCCCCCCCC(=O)OC[C@H](COC(=O)CCCCCCCCCCCCCCCC(C)C)OC(=O)CCCCCCCCC(C)CC. The Balaban J connectivity index is 4.28. The van der Waals surface area contributed by atoms with Gasteiger partial charge in [-0.2, -0.15) is 0 Å². The fourth-order valence-electron chi connectivity index (χ4n) is 7.07. The quantitative estimate of drug-likeness (QED) is 0.0350. The lowest BCUT2D eigenvalue weighted by Gasteiger charge is -2.18. The number of hydrogen-bond acceptors (Lipinski definition) is 6. The molecule has 6 heteroatoms. The molecule has 6 nitrogen and oxygen atoms in total. The summed E-state index contributed by atoms with van der Waals surface area (Å²) in [5.41, 5.74) is 0. The van der Waals surface area contributed by atoms with Crippen LogP contribution < -0.4 is 0 Å². The van der Waals surface area contributed by atoms with Crippen LogP contribution in [0.4, 0.5) is 0 Å². The van der Waals surface area contributed by atoms with E-state index in [1.54, 1.807) is 0 Å². The Morgan fingerprint density at radius 3 is 1.06 bits per heavy atom. The summed E-state index contributed by atoms with van der Waals surface area (Å²) >= 11 is 0. The largest absolute Gasteiger partial charge is 0.462 e. The Hall–Kier alpha value is -1.59. The molecule has 54 heavy (non-hydrogen) atoms. The Bertz CT molecular complexity index is 826. The molecule has 320 valence electrons. The molecule has 0 bridgehead atoms. The molecule has 0 saturated heterocycles. The second kappa shape index (κ2) is 41.1. The molecule has 0 radical (unpaired) electrons. The van der Waals surface area contributed by atoms with E-state index >= 15 is 0 Å². The van der Waals surface area contributed by atoms with Crippen LogP contribution in [0.3, 0.4) is 0 Å². The molecule has 0 aromatic carbocycles. The third-order valence-electron chi connectivity index (χ3n) is 11.1. The molecule has 0 rings (SSSR count). The summed E-state index contributed by atoms with van der Waals surface area (Å²) in [7, 11) is 0. The molecule has 1 unspecified atom stereocenters. The zero-order valence-electron chi connectivity index (χ0n) is 36.8. The molecule has 0 spiro atoms. The van der Waals surface area contributed by atoms with E-state index < -0.39 is 6.10 Å². The van der Waals surface area contributed by atoms with Gasteiger partial charge in [0.1, 0.15) is 13.2 Å². The average molecular weight is 765 g/mol. The number of ether oxygens (including phenoxy) is 3. The van der Waals surface area contributed by atoms with Crippen LogP contribution in [0.5, 0.6) is 0 Å². The Morgan fingerprint density at radius 1 is 0.389 bits per heavy atom. The smallest absolute Gasteiger partial charge is 0.306 e. The lowest BCUT2D eigenvalue weighted by Crippen LogP contribution is -2.30. The standard InChI is InChI=1S/C48H92O6/c1-6-8-9-10-11-12-19-22-28-33-38-46(49)52-41-45(54-48(51)40-35-30-25-24-27-32-37-44(5)7-2)42-53-47(50)39-34-29-23-20-17-15-13-14-16-18-21-26-31-36-43(3)4/h43-45H,6-42H2,1-5H3/t44?,45-/m1/s1. The maximum atomic E-state index is 12.7. The summed E-state index contributed by atoms with van der Waals surface area (Å²) in [5.74, 6) is 0.791. The third-order valence-corrected chi connectivity index (χ3v) is 11.1. The minimum atomic E-state index is -0.761. The molecule has 0 N–H and O–H groups in total. The molecular formula is C48H92O6. The lowest BCUT2D eigenvalue weighted by molar-refractivity contribution is -0.167. The van der Waals surface area contributed by atoms with Crippen LogP contribution in [0.15, 0.2) is 0 Å². The highest BCUT2D eigenvalue weighted by Gasteiger charge is 2.19. The van der Waals surface area contributed by atoms with Crippen molar-refractivity contribution < 1.29 is 28.6 Å². The maximum Gasteiger partial charge on any atom is 0.306 e. The molecule has 0 aromatic rings. The molecule has 0 amide bonds. The highest BCUT2D eigenvalue weighted by atomic mass is 16.6. The van der Waals surface area contributed by atoms with E-state index in [2.05, 4.69) is 34.6 Å². The first-order valence-electron chi connectivity index (χ1n) is 23.8. The molecule has 0 fully saturated rings. The summed E-state index contributed by atoms with van der Waals surface area (Å²) in [4.78, 5) is 37.7. The van der Waals surface area contributed by atoms with Gasteiger partial charge in [0.05, 0.1) is 0 Å². The maximum absolute atomic E-state index is 12.7. The van der Waals surface area contributed by atoms with Crippen LogP contribution in [0.2, 0.25) is 0 Å². The van der Waals surface area contributed by atoms with Crippen molar-refractivity contribution in [3.05, 3.63) is 0 Å². The summed E-state index contributed by atoms with van der Waals surface area (Å²) in [5, 5.41) is 0. The molecular weight excluding hydrogens is 673 g/mol. The van der Waals surface area contributed by atoms with Crippen LogP contribution in [0.1, 0.15) is 259 Å². The first kappa shape index (κ1) is 52.4. The van der Waals surface area contributed by atoms with Gasteiger partial charge in [-0.1, -0.05) is 221 Å². The van der Waals surface area contributed by atoms with Gasteiger partial charge in [0.2, 0.25) is 0 Å². The van der Waals surface area contributed by atoms with Crippen molar-refractivity contribution in [1.82, 2.24) is 0 Å². The van der Waals surface area contributed by atoms with Crippen LogP contribution in [-0.4, -0.2) is 37.2 Å². The van der Waals surface area contributed by atoms with E-state index in [-0.39, 0.29) is 31.1 Å². The van der Waals surface area contributed by atoms with Gasteiger partial charge in [-0.15, -0.1) is 0 Å². The van der Waals surface area contributed by atoms with Crippen molar-refractivity contribution in [2.45, 2.75) is 265 Å². The van der Waals surface area contributed by atoms with Crippen molar-refractivity contribution in [3.8, 4) is 0 Å². The first-order valence-corrected chi connectivity index (χ1v) is 23.8. The molecule has 2 atom stereocenters. The second-order valence-electron chi connectivity index (χ2n) is 17.1. The number of carbonyl (C=O) groups is 3. The topological polar surface area (TPSA) is 78.9 Å². The molecule has 0 saturated carbocycles. The zero-order chi connectivity index (χ0) is 39.7. The average Bonchev–Trinajstić information content (AvgIpc) is 3.15. The fraction of sp³-hybridized carbons (Fsp3) is 0.938. The molecule has 0 heterocycles. The van der Waals surface area contributed by atoms with E-state index in [1.807, 2.05) is 0 Å². The fourth-order valence-corrected chi connectivity index (χ4v) is 7.07. The van der Waals surface area contributed by atoms with E-state index in [9.17, 15) is 14.4 Å².